The molecule has 1 amide bonds. The highest BCUT2D eigenvalue weighted by Gasteiger charge is 2.47. The summed E-state index contributed by atoms with van der Waals surface area (Å²) in [6, 6.07) is 1.72. The van der Waals surface area contributed by atoms with Crippen molar-refractivity contribution in [2.24, 2.45) is 11.3 Å². The molecule has 13 heteroatoms. The summed E-state index contributed by atoms with van der Waals surface area (Å²) in [5.74, 6) is 1.51. The van der Waals surface area contributed by atoms with Crippen LogP contribution < -0.4 is 15.1 Å². The summed E-state index contributed by atoms with van der Waals surface area (Å²) in [6.45, 7) is 12.8. The van der Waals surface area contributed by atoms with E-state index in [1.54, 1.807) is 12.4 Å². The van der Waals surface area contributed by atoms with Crippen LogP contribution in [0, 0.1) is 11.3 Å². The molecule has 3 fully saturated rings. The molecule has 11 nitrogen and oxygen atoms in total. The lowest BCUT2D eigenvalue weighted by atomic mass is 9.74. The lowest BCUT2D eigenvalue weighted by Crippen LogP contribution is -2.56. The maximum Gasteiger partial charge on any atom is 0.407 e. The summed E-state index contributed by atoms with van der Waals surface area (Å²) in [5.41, 5.74) is -0.977. The van der Waals surface area contributed by atoms with Crippen molar-refractivity contribution in [1.82, 2.24) is 20.3 Å². The Balaban J connectivity index is 1.23. The summed E-state index contributed by atoms with van der Waals surface area (Å²) < 4.78 is 11.3. The number of anilines is 2. The maximum absolute atomic E-state index is 12.4. The van der Waals surface area contributed by atoms with Gasteiger partial charge in [0.1, 0.15) is 22.1 Å². The van der Waals surface area contributed by atoms with Crippen molar-refractivity contribution in [2.45, 2.75) is 81.2 Å². The first-order chi connectivity index (χ1) is 19.8. The predicted octanol–water partition coefficient (Wildman–Crippen LogP) is 3.89. The first-order valence-electron chi connectivity index (χ1n) is 14.4. The van der Waals surface area contributed by atoms with Gasteiger partial charge in [-0.2, -0.15) is 0 Å². The van der Waals surface area contributed by atoms with E-state index in [1.165, 1.54) is 11.8 Å². The molecule has 230 valence electrons. The van der Waals surface area contributed by atoms with Crippen LogP contribution in [0.2, 0.25) is 5.02 Å². The summed E-state index contributed by atoms with van der Waals surface area (Å²) >= 11 is 8.13. The van der Waals surface area contributed by atoms with Crippen molar-refractivity contribution in [1.29, 1.82) is 0 Å². The minimum absolute atomic E-state index is 0.121. The number of aliphatic hydroxyl groups excluding tert-OH is 1. The number of rotatable bonds is 7. The summed E-state index contributed by atoms with van der Waals surface area (Å²) in [5, 5.41) is 24.7. The molecule has 3 aliphatic heterocycles. The standard InChI is InChI=1S/C29H41ClN6O5S/c1-27(2,3)41-26(38)34-21-16-40-17-29(21)7-10-35(11-8-29)24-19(15-37)33-22(12-32-24)42-20-6-9-31-25(23(20)30)36-13-18(14-36)28(4,5)39/h6,9,12,18,21,37,39H,7-8,10-11,13-17H2,1-5H3,(H,34,38)/t21-/m1/s1. The molecule has 5 heterocycles. The molecule has 0 bridgehead atoms. The molecule has 2 aromatic rings. The van der Waals surface area contributed by atoms with Crippen LogP contribution in [0.4, 0.5) is 16.4 Å². The third kappa shape index (κ3) is 6.72. The van der Waals surface area contributed by atoms with Gasteiger partial charge in [0.2, 0.25) is 0 Å². The molecule has 2 aromatic heterocycles. The number of hydrogen-bond donors (Lipinski definition) is 3. The number of carbonyl (C=O) groups is 1. The fourth-order valence-corrected chi connectivity index (χ4v) is 6.85. The molecule has 3 saturated heterocycles. The molecule has 3 N–H and O–H groups in total. The Kier molecular flexibility index (Phi) is 8.84. The Morgan fingerprint density at radius 3 is 2.55 bits per heavy atom. The fraction of sp³-hybridized carbons (Fsp3) is 0.655. The Morgan fingerprint density at radius 2 is 1.90 bits per heavy atom. The second-order valence-electron chi connectivity index (χ2n) is 13.0. The zero-order valence-electron chi connectivity index (χ0n) is 24.9. The van der Waals surface area contributed by atoms with E-state index in [2.05, 4.69) is 20.1 Å². The molecule has 5 rings (SSSR count). The van der Waals surface area contributed by atoms with E-state index in [-0.39, 0.29) is 24.0 Å². The Morgan fingerprint density at radius 1 is 1.19 bits per heavy atom. The number of carbonyl (C=O) groups excluding carboxylic acids is 1. The van der Waals surface area contributed by atoms with Crippen molar-refractivity contribution in [3.05, 3.63) is 29.2 Å². The van der Waals surface area contributed by atoms with E-state index in [4.69, 9.17) is 31.0 Å². The minimum atomic E-state index is -0.744. The van der Waals surface area contributed by atoms with Gasteiger partial charge in [-0.15, -0.1) is 0 Å². The molecular formula is C29H41ClN6O5S. The van der Waals surface area contributed by atoms with Gasteiger partial charge in [0.15, 0.2) is 5.82 Å². The molecule has 0 aliphatic carbocycles. The van der Waals surface area contributed by atoms with Gasteiger partial charge in [-0.05, 0) is 53.5 Å². The third-order valence-corrected chi connectivity index (χ3v) is 9.79. The lowest BCUT2D eigenvalue weighted by molar-refractivity contribution is 0.00437. The van der Waals surface area contributed by atoms with Crippen LogP contribution in [-0.2, 0) is 16.1 Å². The molecule has 42 heavy (non-hydrogen) atoms. The van der Waals surface area contributed by atoms with Crippen LogP contribution in [0.25, 0.3) is 0 Å². The quantitative estimate of drug-likeness (QED) is 0.416. The van der Waals surface area contributed by atoms with Gasteiger partial charge in [0.25, 0.3) is 0 Å². The van der Waals surface area contributed by atoms with Crippen molar-refractivity contribution < 1.29 is 24.5 Å². The van der Waals surface area contributed by atoms with Crippen molar-refractivity contribution in [2.75, 3.05) is 49.2 Å². The molecule has 1 spiro atoms. The van der Waals surface area contributed by atoms with Gasteiger partial charge in [-0.25, -0.2) is 19.7 Å². The molecular weight excluding hydrogens is 580 g/mol. The number of alkyl carbamates (subject to hydrolysis) is 1. The topological polar surface area (TPSA) is 133 Å². The Bertz CT molecular complexity index is 1290. The van der Waals surface area contributed by atoms with Gasteiger partial charge in [-0.1, -0.05) is 23.4 Å². The van der Waals surface area contributed by atoms with E-state index in [0.717, 1.165) is 17.7 Å². The molecule has 0 unspecified atom stereocenters. The van der Waals surface area contributed by atoms with Crippen LogP contribution in [0.15, 0.2) is 28.4 Å². The Hall–Kier alpha value is -2.38. The molecule has 3 aliphatic rings. The lowest BCUT2D eigenvalue weighted by Gasteiger charge is -2.46. The molecule has 0 saturated carbocycles. The highest BCUT2D eigenvalue weighted by atomic mass is 35.5. The summed E-state index contributed by atoms with van der Waals surface area (Å²) in [4.78, 5) is 31.3. The first-order valence-corrected chi connectivity index (χ1v) is 15.6. The number of aromatic nitrogens is 3. The highest BCUT2D eigenvalue weighted by molar-refractivity contribution is 7.99. The number of hydrogen-bond acceptors (Lipinski definition) is 11. The zero-order valence-corrected chi connectivity index (χ0v) is 26.5. The van der Waals surface area contributed by atoms with Crippen molar-refractivity contribution in [3.8, 4) is 0 Å². The number of pyridine rings is 1. The first kappa shape index (κ1) is 31.1. The number of ether oxygens (including phenoxy) is 2. The predicted molar refractivity (Wildman–Crippen MR) is 161 cm³/mol. The van der Waals surface area contributed by atoms with Gasteiger partial charge in [0.05, 0.1) is 42.7 Å². The summed E-state index contributed by atoms with van der Waals surface area (Å²) in [7, 11) is 0. The van der Waals surface area contributed by atoms with Crippen molar-refractivity contribution in [3.63, 3.8) is 0 Å². The average Bonchev–Trinajstić information content (AvgIpc) is 3.24. The number of halogens is 1. The largest absolute Gasteiger partial charge is 0.444 e. The van der Waals surface area contributed by atoms with E-state index < -0.39 is 17.3 Å². The van der Waals surface area contributed by atoms with Crippen LogP contribution in [-0.4, -0.2) is 87.9 Å². The number of amides is 1. The fourth-order valence-electron chi connectivity index (χ4n) is 5.71. The summed E-state index contributed by atoms with van der Waals surface area (Å²) in [6.07, 6.45) is 4.61. The van der Waals surface area contributed by atoms with Gasteiger partial charge in [-0.3, -0.25) is 0 Å². The molecule has 1 atom stereocenters. The zero-order chi connectivity index (χ0) is 30.3. The average molecular weight is 621 g/mol. The van der Waals surface area contributed by atoms with Crippen LogP contribution in [0.5, 0.6) is 0 Å². The van der Waals surface area contributed by atoms with Crippen LogP contribution in [0.1, 0.15) is 53.2 Å². The molecule has 0 radical (unpaired) electrons. The van der Waals surface area contributed by atoms with E-state index >= 15 is 0 Å². The normalized spacial score (nSPS) is 21.0. The van der Waals surface area contributed by atoms with Crippen LogP contribution in [0.3, 0.4) is 0 Å². The van der Waals surface area contributed by atoms with E-state index in [1.807, 2.05) is 40.7 Å². The van der Waals surface area contributed by atoms with Crippen molar-refractivity contribution >= 4 is 41.1 Å². The third-order valence-electron chi connectivity index (χ3n) is 8.34. The number of aliphatic hydroxyl groups is 2. The maximum atomic E-state index is 12.4. The van der Waals surface area contributed by atoms with Gasteiger partial charge < -0.3 is 34.8 Å². The van der Waals surface area contributed by atoms with Gasteiger partial charge >= 0.3 is 6.09 Å². The minimum Gasteiger partial charge on any atom is -0.444 e. The second-order valence-corrected chi connectivity index (χ2v) is 14.4. The number of piperidine rings is 1. The molecule has 0 aromatic carbocycles. The van der Waals surface area contributed by atoms with E-state index in [0.29, 0.717) is 66.8 Å². The van der Waals surface area contributed by atoms with Crippen LogP contribution >= 0.6 is 23.4 Å². The highest BCUT2D eigenvalue weighted by Crippen LogP contribution is 2.42. The number of nitrogens with zero attached hydrogens (tertiary/aromatic N) is 5. The SMILES string of the molecule is CC(C)(C)OC(=O)N[C@@H]1COCC12CCN(c1ncc(Sc3ccnc(N4CC(C(C)(C)O)C4)c3Cl)nc1CO)CC2. The van der Waals surface area contributed by atoms with E-state index in [9.17, 15) is 15.0 Å². The smallest absolute Gasteiger partial charge is 0.407 e. The second kappa shape index (κ2) is 12.0. The Labute approximate surface area is 256 Å². The number of nitrogens with one attached hydrogen (secondary N) is 1. The monoisotopic (exact) mass is 620 g/mol. The van der Waals surface area contributed by atoms with Gasteiger partial charge in [0, 0.05) is 48.6 Å².